The number of ether oxygens (including phenoxy) is 1. The zero-order valence-electron chi connectivity index (χ0n) is 11.1. The van der Waals surface area contributed by atoms with Crippen molar-refractivity contribution >= 4 is 11.9 Å². The third-order valence-electron chi connectivity index (χ3n) is 3.13. The van der Waals surface area contributed by atoms with Crippen molar-refractivity contribution in [2.24, 2.45) is 17.8 Å². The molecule has 0 radical (unpaired) electrons. The predicted octanol–water partition coefficient (Wildman–Crippen LogP) is 1.28. The molecule has 1 aliphatic rings. The van der Waals surface area contributed by atoms with E-state index in [4.69, 9.17) is 9.84 Å². The SMILES string of the molecule is CC(C)CC(CNC(=O)C1CCOC1)CC(=O)O. The molecular formula is C13H23NO4. The van der Waals surface area contributed by atoms with Crippen molar-refractivity contribution in [1.82, 2.24) is 5.32 Å². The number of hydrogen-bond donors (Lipinski definition) is 2. The lowest BCUT2D eigenvalue weighted by Gasteiger charge is -2.18. The van der Waals surface area contributed by atoms with Gasteiger partial charge in [-0.2, -0.15) is 0 Å². The van der Waals surface area contributed by atoms with E-state index >= 15 is 0 Å². The topological polar surface area (TPSA) is 75.6 Å². The summed E-state index contributed by atoms with van der Waals surface area (Å²) in [5.41, 5.74) is 0. The van der Waals surface area contributed by atoms with Crippen molar-refractivity contribution in [2.75, 3.05) is 19.8 Å². The third kappa shape index (κ3) is 5.49. The van der Waals surface area contributed by atoms with Gasteiger partial charge in [-0.05, 0) is 24.7 Å². The maximum Gasteiger partial charge on any atom is 0.303 e. The van der Waals surface area contributed by atoms with Crippen LogP contribution in [0.3, 0.4) is 0 Å². The van der Waals surface area contributed by atoms with Crippen LogP contribution in [0.5, 0.6) is 0 Å². The maximum absolute atomic E-state index is 11.8. The Hall–Kier alpha value is -1.10. The monoisotopic (exact) mass is 257 g/mol. The minimum absolute atomic E-state index is 0.00774. The van der Waals surface area contributed by atoms with E-state index in [1.165, 1.54) is 0 Å². The number of hydrogen-bond acceptors (Lipinski definition) is 3. The normalized spacial score (nSPS) is 20.9. The molecule has 104 valence electrons. The van der Waals surface area contributed by atoms with Gasteiger partial charge in [0.25, 0.3) is 0 Å². The average molecular weight is 257 g/mol. The molecule has 0 aromatic rings. The number of carboxylic acids is 1. The summed E-state index contributed by atoms with van der Waals surface area (Å²) >= 11 is 0. The first-order valence-corrected chi connectivity index (χ1v) is 6.56. The van der Waals surface area contributed by atoms with E-state index in [1.807, 2.05) is 0 Å². The highest BCUT2D eigenvalue weighted by atomic mass is 16.5. The summed E-state index contributed by atoms with van der Waals surface area (Å²) < 4.78 is 5.16. The largest absolute Gasteiger partial charge is 0.481 e. The molecular weight excluding hydrogens is 234 g/mol. The summed E-state index contributed by atoms with van der Waals surface area (Å²) in [6.45, 7) is 5.69. The summed E-state index contributed by atoms with van der Waals surface area (Å²) in [5, 5.41) is 11.7. The van der Waals surface area contributed by atoms with Crippen LogP contribution in [0.15, 0.2) is 0 Å². The fraction of sp³-hybridized carbons (Fsp3) is 0.846. The number of carboxylic acid groups (broad SMARTS) is 1. The number of carbonyl (C=O) groups excluding carboxylic acids is 1. The Bertz CT molecular complexity index is 285. The highest BCUT2D eigenvalue weighted by Gasteiger charge is 2.24. The molecule has 1 aliphatic heterocycles. The first-order chi connectivity index (χ1) is 8.49. The molecule has 18 heavy (non-hydrogen) atoms. The van der Waals surface area contributed by atoms with Crippen LogP contribution in [-0.4, -0.2) is 36.7 Å². The summed E-state index contributed by atoms with van der Waals surface area (Å²) in [6.07, 6.45) is 1.69. The Morgan fingerprint density at radius 3 is 2.67 bits per heavy atom. The van der Waals surface area contributed by atoms with Gasteiger partial charge in [-0.1, -0.05) is 13.8 Å². The van der Waals surface area contributed by atoms with Crippen LogP contribution in [-0.2, 0) is 14.3 Å². The molecule has 0 aliphatic carbocycles. The van der Waals surface area contributed by atoms with E-state index in [1.54, 1.807) is 0 Å². The van der Waals surface area contributed by atoms with Gasteiger partial charge in [0, 0.05) is 19.6 Å². The lowest BCUT2D eigenvalue weighted by molar-refractivity contribution is -0.138. The van der Waals surface area contributed by atoms with Gasteiger partial charge in [-0.25, -0.2) is 0 Å². The fourth-order valence-electron chi connectivity index (χ4n) is 2.28. The Labute approximate surface area is 108 Å². The summed E-state index contributed by atoms with van der Waals surface area (Å²) in [4.78, 5) is 22.5. The van der Waals surface area contributed by atoms with Crippen molar-refractivity contribution in [3.8, 4) is 0 Å². The molecule has 1 amide bonds. The standard InChI is InChI=1S/C13H23NO4/c1-9(2)5-10(6-12(15)16)7-14-13(17)11-3-4-18-8-11/h9-11H,3-8H2,1-2H3,(H,14,17)(H,15,16). The molecule has 0 spiro atoms. The van der Waals surface area contributed by atoms with E-state index in [0.717, 1.165) is 12.8 Å². The van der Waals surface area contributed by atoms with Gasteiger partial charge in [0.05, 0.1) is 12.5 Å². The number of carbonyl (C=O) groups is 2. The van der Waals surface area contributed by atoms with Gasteiger partial charge in [0.2, 0.25) is 5.91 Å². The highest BCUT2D eigenvalue weighted by Crippen LogP contribution is 2.16. The van der Waals surface area contributed by atoms with Gasteiger partial charge in [0.1, 0.15) is 0 Å². The molecule has 2 unspecified atom stereocenters. The minimum Gasteiger partial charge on any atom is -0.481 e. The number of amides is 1. The van der Waals surface area contributed by atoms with E-state index < -0.39 is 5.97 Å². The molecule has 1 heterocycles. The number of aliphatic carboxylic acids is 1. The quantitative estimate of drug-likeness (QED) is 0.720. The summed E-state index contributed by atoms with van der Waals surface area (Å²) in [5.74, 6) is -0.435. The van der Waals surface area contributed by atoms with Gasteiger partial charge in [-0.15, -0.1) is 0 Å². The summed E-state index contributed by atoms with van der Waals surface area (Å²) in [7, 11) is 0. The Morgan fingerprint density at radius 1 is 1.44 bits per heavy atom. The van der Waals surface area contributed by atoms with Crippen molar-refractivity contribution in [3.63, 3.8) is 0 Å². The zero-order valence-corrected chi connectivity index (χ0v) is 11.1. The van der Waals surface area contributed by atoms with Gasteiger partial charge >= 0.3 is 5.97 Å². The maximum atomic E-state index is 11.8. The van der Waals surface area contributed by atoms with Crippen LogP contribution in [0.1, 0.15) is 33.1 Å². The number of nitrogens with one attached hydrogen (secondary N) is 1. The van der Waals surface area contributed by atoms with Gasteiger partial charge in [0.15, 0.2) is 0 Å². The molecule has 0 saturated carbocycles. The molecule has 0 aromatic carbocycles. The van der Waals surface area contributed by atoms with E-state index in [0.29, 0.717) is 25.7 Å². The molecule has 1 rings (SSSR count). The van der Waals surface area contributed by atoms with Crippen LogP contribution in [0, 0.1) is 17.8 Å². The lowest BCUT2D eigenvalue weighted by atomic mass is 9.94. The van der Waals surface area contributed by atoms with Gasteiger partial charge < -0.3 is 15.2 Å². The molecule has 0 bridgehead atoms. The molecule has 1 saturated heterocycles. The average Bonchev–Trinajstić information content (AvgIpc) is 2.77. The smallest absolute Gasteiger partial charge is 0.303 e. The van der Waals surface area contributed by atoms with Crippen molar-refractivity contribution in [2.45, 2.75) is 33.1 Å². The molecule has 5 nitrogen and oxygen atoms in total. The predicted molar refractivity (Wildman–Crippen MR) is 67.1 cm³/mol. The van der Waals surface area contributed by atoms with E-state index in [9.17, 15) is 9.59 Å². The number of rotatable bonds is 7. The van der Waals surface area contributed by atoms with Crippen LogP contribution in [0.2, 0.25) is 0 Å². The second-order valence-electron chi connectivity index (χ2n) is 5.40. The highest BCUT2D eigenvalue weighted by molar-refractivity contribution is 5.79. The zero-order chi connectivity index (χ0) is 13.5. The molecule has 2 atom stereocenters. The summed E-state index contributed by atoms with van der Waals surface area (Å²) in [6, 6.07) is 0. The van der Waals surface area contributed by atoms with Crippen LogP contribution >= 0.6 is 0 Å². The first-order valence-electron chi connectivity index (χ1n) is 6.56. The first kappa shape index (κ1) is 15.0. The Kier molecular flexibility index (Phi) is 6.12. The molecule has 2 N–H and O–H groups in total. The molecule has 5 heteroatoms. The van der Waals surface area contributed by atoms with Crippen LogP contribution in [0.25, 0.3) is 0 Å². The second kappa shape index (κ2) is 7.36. The van der Waals surface area contributed by atoms with Crippen LogP contribution in [0.4, 0.5) is 0 Å². The fourth-order valence-corrected chi connectivity index (χ4v) is 2.28. The van der Waals surface area contributed by atoms with Crippen LogP contribution < -0.4 is 5.32 Å². The molecule has 0 aromatic heterocycles. The minimum atomic E-state index is -0.806. The van der Waals surface area contributed by atoms with Crippen molar-refractivity contribution in [3.05, 3.63) is 0 Å². The molecule has 1 fully saturated rings. The van der Waals surface area contributed by atoms with Crippen molar-refractivity contribution in [1.29, 1.82) is 0 Å². The van der Waals surface area contributed by atoms with Gasteiger partial charge in [-0.3, -0.25) is 9.59 Å². The van der Waals surface area contributed by atoms with E-state index in [2.05, 4.69) is 19.2 Å². The second-order valence-corrected chi connectivity index (χ2v) is 5.40. The Morgan fingerprint density at radius 2 is 2.17 bits per heavy atom. The van der Waals surface area contributed by atoms with E-state index in [-0.39, 0.29) is 24.2 Å². The van der Waals surface area contributed by atoms with Crippen molar-refractivity contribution < 1.29 is 19.4 Å². The third-order valence-corrected chi connectivity index (χ3v) is 3.13. The lowest BCUT2D eigenvalue weighted by Crippen LogP contribution is -2.35. The Balaban J connectivity index is 2.35.